The maximum Gasteiger partial charge on any atom is 0.341 e. The molecule has 3 aliphatic rings. The Balaban J connectivity index is 1.97. The van der Waals surface area contributed by atoms with Crippen LogP contribution in [0.15, 0.2) is 60.1 Å². The van der Waals surface area contributed by atoms with E-state index in [1.807, 2.05) is 0 Å². The van der Waals surface area contributed by atoms with Crippen molar-refractivity contribution in [1.29, 1.82) is 0 Å². The van der Waals surface area contributed by atoms with Gasteiger partial charge in [-0.15, -0.1) is 6.58 Å². The van der Waals surface area contributed by atoms with E-state index in [4.69, 9.17) is 18.9 Å². The normalized spacial score (nSPS) is 35.7. The van der Waals surface area contributed by atoms with Crippen LogP contribution < -0.4 is 4.90 Å². The standard InChI is InChI=1S/C25H33NO14/c1-3-15-22(40-23-19(30)25(35,36)18(29)17(11-28)39-23)38-12-16(21(33)37-2)24(15,34)5-4-13-8-14(20(31)32)10-26(9-13)6-7-27/h3-5,8,10,12,15,17-19,22-23,27-30,34-36H,1,6-7,9,11H2,2H3,(H,31,32)/p+1. The van der Waals surface area contributed by atoms with E-state index in [2.05, 4.69) is 6.58 Å². The number of rotatable bonds is 10. The van der Waals surface area contributed by atoms with E-state index in [9.17, 15) is 50.4 Å². The number of carboxylic acid groups (broad SMARTS) is 1. The molecule has 0 aromatic rings. The summed E-state index contributed by atoms with van der Waals surface area (Å²) in [5.41, 5.74) is -2.29. The molecule has 0 radical (unpaired) electrons. The van der Waals surface area contributed by atoms with Gasteiger partial charge in [-0.3, -0.25) is 0 Å². The number of carboxylic acids is 1. The number of methoxy groups -OCH3 is 1. The summed E-state index contributed by atoms with van der Waals surface area (Å²) in [5.74, 6) is -6.69. The first-order chi connectivity index (χ1) is 18.8. The third kappa shape index (κ3) is 6.18. The molecule has 3 rings (SSSR count). The van der Waals surface area contributed by atoms with Crippen molar-refractivity contribution >= 4 is 11.9 Å². The van der Waals surface area contributed by atoms with Gasteiger partial charge in [0.1, 0.15) is 54.5 Å². The number of hydrogen-bond donors (Lipinski definition) is 9. The van der Waals surface area contributed by atoms with Gasteiger partial charge in [0.05, 0.1) is 26.2 Å². The number of carbonyl (C=O) groups is 2. The Bertz CT molecular complexity index is 1100. The van der Waals surface area contributed by atoms with E-state index in [0.717, 1.165) is 19.4 Å². The van der Waals surface area contributed by atoms with Crippen LogP contribution in [0.25, 0.3) is 0 Å². The number of aliphatic carboxylic acids is 1. The zero-order valence-electron chi connectivity index (χ0n) is 21.5. The molecule has 15 nitrogen and oxygen atoms in total. The monoisotopic (exact) mass is 572 g/mol. The summed E-state index contributed by atoms with van der Waals surface area (Å²) in [4.78, 5) is 24.8. The van der Waals surface area contributed by atoms with Crippen LogP contribution >= 0.6 is 0 Å². The van der Waals surface area contributed by atoms with Crippen molar-refractivity contribution in [3.8, 4) is 0 Å². The van der Waals surface area contributed by atoms with E-state index >= 15 is 0 Å². The third-order valence-electron chi connectivity index (χ3n) is 6.81. The quantitative estimate of drug-likeness (QED) is 0.0681. The number of ether oxygens (including phenoxy) is 4. The Labute approximate surface area is 228 Å². The minimum absolute atomic E-state index is 0.0564. The summed E-state index contributed by atoms with van der Waals surface area (Å²) in [6.45, 7) is 3.01. The summed E-state index contributed by atoms with van der Waals surface area (Å²) in [7, 11) is 1.07. The molecule has 40 heavy (non-hydrogen) atoms. The third-order valence-corrected chi connectivity index (χ3v) is 6.81. The van der Waals surface area contributed by atoms with Crippen molar-refractivity contribution in [3.05, 3.63) is 60.1 Å². The van der Waals surface area contributed by atoms with E-state index in [1.54, 1.807) is 0 Å². The summed E-state index contributed by atoms with van der Waals surface area (Å²) in [5, 5.41) is 80.7. The lowest BCUT2D eigenvalue weighted by atomic mass is 9.78. The summed E-state index contributed by atoms with van der Waals surface area (Å²) < 4.78 is 21.1. The highest BCUT2D eigenvalue weighted by molar-refractivity contribution is 5.91. The van der Waals surface area contributed by atoms with Crippen LogP contribution in [0.4, 0.5) is 0 Å². The predicted molar refractivity (Wildman–Crippen MR) is 130 cm³/mol. The molecule has 0 amide bonds. The van der Waals surface area contributed by atoms with Crippen LogP contribution in [0.1, 0.15) is 0 Å². The van der Waals surface area contributed by atoms with Crippen LogP contribution in [-0.2, 0) is 28.5 Å². The number of aliphatic hydroxyl groups is 7. The molecule has 15 heteroatoms. The molecule has 8 unspecified atom stereocenters. The second-order valence-electron chi connectivity index (χ2n) is 9.41. The van der Waals surface area contributed by atoms with Crippen molar-refractivity contribution in [2.24, 2.45) is 5.92 Å². The Morgan fingerprint density at radius 2 is 1.90 bits per heavy atom. The van der Waals surface area contributed by atoms with Gasteiger partial charge in [0.2, 0.25) is 12.1 Å². The van der Waals surface area contributed by atoms with Gasteiger partial charge in [-0.25, -0.2) is 9.59 Å². The predicted octanol–water partition coefficient (Wildman–Crippen LogP) is -4.59. The average molecular weight is 573 g/mol. The first kappa shape index (κ1) is 31.6. The maximum absolute atomic E-state index is 12.6. The fourth-order valence-electron chi connectivity index (χ4n) is 4.58. The second kappa shape index (κ2) is 12.7. The first-order valence-corrected chi connectivity index (χ1v) is 12.2. The molecule has 0 spiro atoms. The highest BCUT2D eigenvalue weighted by Crippen LogP contribution is 2.40. The second-order valence-corrected chi connectivity index (χ2v) is 9.41. The molecular formula is C25H34NO14+. The first-order valence-electron chi connectivity index (χ1n) is 12.2. The van der Waals surface area contributed by atoms with Gasteiger partial charge in [0, 0.05) is 5.57 Å². The number of carbonyl (C=O) groups excluding carboxylic acids is 1. The summed E-state index contributed by atoms with van der Waals surface area (Å²) >= 11 is 0. The van der Waals surface area contributed by atoms with Crippen molar-refractivity contribution in [2.45, 2.75) is 42.3 Å². The molecule has 0 bridgehead atoms. The number of esters is 1. The minimum Gasteiger partial charge on any atom is -0.477 e. The summed E-state index contributed by atoms with van der Waals surface area (Å²) in [6.07, 6.45) is -2.09. The number of nitrogens with one attached hydrogen (secondary N) is 1. The van der Waals surface area contributed by atoms with E-state index < -0.39 is 72.3 Å². The van der Waals surface area contributed by atoms with Gasteiger partial charge in [-0.2, -0.15) is 0 Å². The van der Waals surface area contributed by atoms with Crippen molar-refractivity contribution < 1.29 is 74.3 Å². The fourth-order valence-corrected chi connectivity index (χ4v) is 4.58. The number of hydrogen-bond acceptors (Lipinski definition) is 13. The average Bonchev–Trinajstić information content (AvgIpc) is 2.92. The number of aliphatic hydroxyl groups excluding tert-OH is 4. The maximum atomic E-state index is 12.6. The van der Waals surface area contributed by atoms with Gasteiger partial charge in [-0.1, -0.05) is 12.2 Å². The zero-order valence-corrected chi connectivity index (χ0v) is 21.5. The highest BCUT2D eigenvalue weighted by atomic mass is 16.8. The lowest BCUT2D eigenvalue weighted by Crippen LogP contribution is -3.08. The van der Waals surface area contributed by atoms with Crippen LogP contribution in [0.3, 0.4) is 0 Å². The Kier molecular flexibility index (Phi) is 10.0. The molecule has 0 saturated carbocycles. The molecule has 1 fully saturated rings. The molecule has 0 aromatic carbocycles. The molecular weight excluding hydrogens is 538 g/mol. The van der Waals surface area contributed by atoms with Gasteiger partial charge in [0.15, 0.2) is 12.4 Å². The Hall–Kier alpha value is -2.96. The van der Waals surface area contributed by atoms with Crippen LogP contribution in [0, 0.1) is 5.92 Å². The topological polar surface area (TPSA) is 237 Å². The largest absolute Gasteiger partial charge is 0.477 e. The fraction of sp³-hybridized carbons (Fsp3) is 0.520. The number of quaternary nitrogens is 1. The van der Waals surface area contributed by atoms with Crippen molar-refractivity contribution in [1.82, 2.24) is 0 Å². The van der Waals surface area contributed by atoms with Gasteiger partial charge >= 0.3 is 11.9 Å². The van der Waals surface area contributed by atoms with Crippen LogP contribution in [-0.4, -0.2) is 128 Å². The van der Waals surface area contributed by atoms with Gasteiger partial charge < -0.3 is 64.7 Å². The lowest BCUT2D eigenvalue weighted by molar-refractivity contribution is -0.842. The minimum atomic E-state index is -3.15. The Morgan fingerprint density at radius 3 is 2.48 bits per heavy atom. The highest BCUT2D eigenvalue weighted by Gasteiger charge is 2.57. The van der Waals surface area contributed by atoms with Crippen LogP contribution in [0.2, 0.25) is 0 Å². The molecule has 3 heterocycles. The SMILES string of the molecule is C=CC1C(OC2OC(CO)C(O)C(O)(O)C2O)OC=C(C(=O)OC)C1(O)C=CC1=CC(C(=O)O)=C[NH+](CCO)C1. The molecule has 8 atom stereocenters. The molecule has 0 aliphatic carbocycles. The lowest BCUT2D eigenvalue weighted by Gasteiger charge is -2.47. The molecule has 222 valence electrons. The van der Waals surface area contributed by atoms with E-state index in [0.29, 0.717) is 10.5 Å². The molecule has 3 aliphatic heterocycles. The smallest absolute Gasteiger partial charge is 0.341 e. The van der Waals surface area contributed by atoms with Gasteiger partial charge in [-0.05, 0) is 12.2 Å². The van der Waals surface area contributed by atoms with Crippen molar-refractivity contribution in [2.75, 3.05) is 33.4 Å². The van der Waals surface area contributed by atoms with E-state index in [-0.39, 0.29) is 25.3 Å². The summed E-state index contributed by atoms with van der Waals surface area (Å²) in [6, 6.07) is 0. The van der Waals surface area contributed by atoms with E-state index in [1.165, 1.54) is 24.4 Å². The zero-order chi connectivity index (χ0) is 29.8. The van der Waals surface area contributed by atoms with Crippen LogP contribution in [0.5, 0.6) is 0 Å². The van der Waals surface area contributed by atoms with Crippen molar-refractivity contribution in [3.63, 3.8) is 0 Å². The molecule has 1 saturated heterocycles. The van der Waals surface area contributed by atoms with Gasteiger partial charge in [0.25, 0.3) is 0 Å². The Morgan fingerprint density at radius 1 is 1.20 bits per heavy atom. The molecule has 9 N–H and O–H groups in total. The molecule has 0 aromatic heterocycles.